The SMILES string of the molecule is Cc1cccn2cc(CNc3ncc([N+](=O)[O-])c(N)n3)nc12. The van der Waals surface area contributed by atoms with E-state index in [1.807, 2.05) is 35.9 Å². The molecular weight excluding hydrogens is 286 g/mol. The lowest BCUT2D eigenvalue weighted by atomic mass is 10.3. The molecule has 3 rings (SSSR count). The van der Waals surface area contributed by atoms with Crippen LogP contribution in [0.2, 0.25) is 0 Å². The predicted octanol–water partition coefficient (Wildman–Crippen LogP) is 1.54. The Kier molecular flexibility index (Phi) is 3.30. The first kappa shape index (κ1) is 13.7. The molecule has 3 heterocycles. The number of imidazole rings is 1. The number of anilines is 2. The summed E-state index contributed by atoms with van der Waals surface area (Å²) in [6.07, 6.45) is 4.89. The van der Waals surface area contributed by atoms with Crippen molar-refractivity contribution in [3.05, 3.63) is 52.1 Å². The largest absolute Gasteiger partial charge is 0.378 e. The zero-order chi connectivity index (χ0) is 15.7. The van der Waals surface area contributed by atoms with Gasteiger partial charge in [0, 0.05) is 12.4 Å². The van der Waals surface area contributed by atoms with Gasteiger partial charge in [0.2, 0.25) is 11.8 Å². The van der Waals surface area contributed by atoms with Crippen molar-refractivity contribution in [3.8, 4) is 0 Å². The van der Waals surface area contributed by atoms with E-state index in [0.717, 1.165) is 23.1 Å². The number of nitro groups is 1. The van der Waals surface area contributed by atoms with Gasteiger partial charge in [-0.05, 0) is 18.6 Å². The monoisotopic (exact) mass is 299 g/mol. The van der Waals surface area contributed by atoms with Gasteiger partial charge in [0.15, 0.2) is 0 Å². The number of nitrogens with two attached hydrogens (primary N) is 1. The predicted molar refractivity (Wildman–Crippen MR) is 80.4 cm³/mol. The first-order chi connectivity index (χ1) is 10.5. The van der Waals surface area contributed by atoms with Gasteiger partial charge < -0.3 is 15.5 Å². The van der Waals surface area contributed by atoms with Gasteiger partial charge in [-0.15, -0.1) is 0 Å². The molecule has 0 aliphatic rings. The Morgan fingerprint density at radius 3 is 2.95 bits per heavy atom. The Labute approximate surface area is 125 Å². The van der Waals surface area contributed by atoms with Crippen LogP contribution >= 0.6 is 0 Å². The molecule has 112 valence electrons. The normalized spacial score (nSPS) is 10.8. The molecule has 0 bridgehead atoms. The summed E-state index contributed by atoms with van der Waals surface area (Å²) in [6.45, 7) is 2.37. The van der Waals surface area contributed by atoms with Crippen molar-refractivity contribution in [1.29, 1.82) is 0 Å². The summed E-state index contributed by atoms with van der Waals surface area (Å²) in [5, 5.41) is 13.6. The molecule has 0 radical (unpaired) electrons. The number of pyridine rings is 1. The van der Waals surface area contributed by atoms with Crippen molar-refractivity contribution in [2.45, 2.75) is 13.5 Å². The van der Waals surface area contributed by atoms with E-state index in [9.17, 15) is 10.1 Å². The topological polar surface area (TPSA) is 124 Å². The molecule has 0 saturated carbocycles. The van der Waals surface area contributed by atoms with Gasteiger partial charge in [-0.25, -0.2) is 9.97 Å². The average Bonchev–Trinajstić information content (AvgIpc) is 2.89. The quantitative estimate of drug-likeness (QED) is 0.553. The fourth-order valence-electron chi connectivity index (χ4n) is 2.07. The van der Waals surface area contributed by atoms with Crippen LogP contribution in [0.1, 0.15) is 11.3 Å². The maximum absolute atomic E-state index is 10.7. The number of fused-ring (bicyclic) bond motifs is 1. The third kappa shape index (κ3) is 2.51. The number of hydrogen-bond acceptors (Lipinski definition) is 7. The van der Waals surface area contributed by atoms with Crippen LogP contribution in [-0.2, 0) is 6.54 Å². The molecular formula is C13H13N7O2. The van der Waals surface area contributed by atoms with Crippen LogP contribution in [0.5, 0.6) is 0 Å². The number of nitrogens with one attached hydrogen (secondary N) is 1. The maximum Gasteiger partial charge on any atom is 0.329 e. The van der Waals surface area contributed by atoms with E-state index in [1.54, 1.807) is 0 Å². The van der Waals surface area contributed by atoms with Crippen molar-refractivity contribution >= 4 is 23.1 Å². The molecule has 22 heavy (non-hydrogen) atoms. The fourth-order valence-corrected chi connectivity index (χ4v) is 2.07. The molecule has 0 aliphatic heterocycles. The number of rotatable bonds is 4. The Morgan fingerprint density at radius 2 is 2.27 bits per heavy atom. The lowest BCUT2D eigenvalue weighted by Gasteiger charge is -2.03. The molecule has 0 aliphatic carbocycles. The van der Waals surface area contributed by atoms with Crippen molar-refractivity contribution in [2.24, 2.45) is 0 Å². The minimum absolute atomic E-state index is 0.173. The lowest BCUT2D eigenvalue weighted by molar-refractivity contribution is -0.384. The van der Waals surface area contributed by atoms with Crippen LogP contribution in [0.3, 0.4) is 0 Å². The highest BCUT2D eigenvalue weighted by molar-refractivity contribution is 5.53. The number of hydrogen-bond donors (Lipinski definition) is 2. The second-order valence-corrected chi connectivity index (χ2v) is 4.73. The smallest absolute Gasteiger partial charge is 0.329 e. The van der Waals surface area contributed by atoms with Gasteiger partial charge in [0.05, 0.1) is 17.2 Å². The zero-order valence-electron chi connectivity index (χ0n) is 11.7. The summed E-state index contributed by atoms with van der Waals surface area (Å²) in [7, 11) is 0. The highest BCUT2D eigenvalue weighted by Crippen LogP contribution is 2.18. The maximum atomic E-state index is 10.7. The second kappa shape index (κ2) is 5.28. The first-order valence-electron chi connectivity index (χ1n) is 6.48. The van der Waals surface area contributed by atoms with Crippen LogP contribution in [-0.4, -0.2) is 24.3 Å². The molecule has 3 aromatic heterocycles. The molecule has 9 nitrogen and oxygen atoms in total. The Balaban J connectivity index is 1.78. The molecule has 0 amide bonds. The van der Waals surface area contributed by atoms with E-state index in [0.29, 0.717) is 6.54 Å². The molecule has 0 aromatic carbocycles. The second-order valence-electron chi connectivity index (χ2n) is 4.73. The summed E-state index contributed by atoms with van der Waals surface area (Å²) in [6, 6.07) is 3.93. The third-order valence-corrected chi connectivity index (χ3v) is 3.15. The minimum atomic E-state index is -0.621. The minimum Gasteiger partial charge on any atom is -0.378 e. The molecule has 3 N–H and O–H groups in total. The molecule has 0 spiro atoms. The third-order valence-electron chi connectivity index (χ3n) is 3.15. The molecule has 0 fully saturated rings. The summed E-state index contributed by atoms with van der Waals surface area (Å²) in [5.74, 6) is 0.0465. The van der Waals surface area contributed by atoms with E-state index < -0.39 is 4.92 Å². The summed E-state index contributed by atoms with van der Waals surface area (Å²) >= 11 is 0. The van der Waals surface area contributed by atoms with E-state index in [2.05, 4.69) is 20.3 Å². The molecule has 0 saturated heterocycles. The summed E-state index contributed by atoms with van der Waals surface area (Å²) in [5.41, 5.74) is 7.96. The summed E-state index contributed by atoms with van der Waals surface area (Å²) < 4.78 is 1.93. The van der Waals surface area contributed by atoms with E-state index in [4.69, 9.17) is 5.73 Å². The van der Waals surface area contributed by atoms with Crippen molar-refractivity contribution in [1.82, 2.24) is 19.4 Å². The van der Waals surface area contributed by atoms with Gasteiger partial charge in [0.1, 0.15) is 11.8 Å². The van der Waals surface area contributed by atoms with Gasteiger partial charge in [-0.3, -0.25) is 10.1 Å². The van der Waals surface area contributed by atoms with Gasteiger partial charge in [-0.2, -0.15) is 4.98 Å². The molecule has 0 atom stereocenters. The standard InChI is InChI=1S/C13H13N7O2/c1-8-3-2-4-19-7-9(17-12(8)19)5-15-13-16-6-10(20(21)22)11(14)18-13/h2-4,6-7H,5H2,1H3,(H3,14,15,16,18). The highest BCUT2D eigenvalue weighted by atomic mass is 16.6. The molecule has 9 heteroatoms. The average molecular weight is 299 g/mol. The number of aryl methyl sites for hydroxylation is 1. The van der Waals surface area contributed by atoms with E-state index in [1.165, 1.54) is 0 Å². The Hall–Kier alpha value is -3.23. The zero-order valence-corrected chi connectivity index (χ0v) is 11.7. The lowest BCUT2D eigenvalue weighted by Crippen LogP contribution is -2.07. The number of nitrogens with zero attached hydrogens (tertiary/aromatic N) is 5. The van der Waals surface area contributed by atoms with Crippen LogP contribution < -0.4 is 11.1 Å². The summed E-state index contributed by atoms with van der Waals surface area (Å²) in [4.78, 5) is 22.3. The Bertz CT molecular complexity index is 859. The van der Waals surface area contributed by atoms with Gasteiger partial charge >= 0.3 is 5.69 Å². The van der Waals surface area contributed by atoms with Crippen LogP contribution in [0.25, 0.3) is 5.65 Å². The molecule has 0 unspecified atom stereocenters. The van der Waals surface area contributed by atoms with Crippen molar-refractivity contribution in [3.63, 3.8) is 0 Å². The molecule has 3 aromatic rings. The van der Waals surface area contributed by atoms with E-state index in [-0.39, 0.29) is 17.5 Å². The fraction of sp³-hybridized carbons (Fsp3) is 0.154. The van der Waals surface area contributed by atoms with E-state index >= 15 is 0 Å². The van der Waals surface area contributed by atoms with Gasteiger partial charge in [0.25, 0.3) is 0 Å². The van der Waals surface area contributed by atoms with Crippen molar-refractivity contribution < 1.29 is 4.92 Å². The first-order valence-corrected chi connectivity index (χ1v) is 6.48. The van der Waals surface area contributed by atoms with Crippen LogP contribution in [0, 0.1) is 17.0 Å². The van der Waals surface area contributed by atoms with Crippen molar-refractivity contribution in [2.75, 3.05) is 11.1 Å². The number of aromatic nitrogens is 4. The van der Waals surface area contributed by atoms with Crippen LogP contribution in [0.15, 0.2) is 30.7 Å². The number of nitrogen functional groups attached to an aromatic ring is 1. The Morgan fingerprint density at radius 1 is 1.45 bits per heavy atom. The van der Waals surface area contributed by atoms with Crippen LogP contribution in [0.4, 0.5) is 17.5 Å². The van der Waals surface area contributed by atoms with Gasteiger partial charge in [-0.1, -0.05) is 6.07 Å². The highest BCUT2D eigenvalue weighted by Gasteiger charge is 2.14.